The third-order valence-corrected chi connectivity index (χ3v) is 3.56. The summed E-state index contributed by atoms with van der Waals surface area (Å²) < 4.78 is 33.4. The molecular formula is C18H15F2N3O2. The fourth-order valence-corrected chi connectivity index (χ4v) is 2.44. The Labute approximate surface area is 142 Å². The van der Waals surface area contributed by atoms with Crippen LogP contribution < -0.4 is 5.32 Å². The van der Waals surface area contributed by atoms with Crippen molar-refractivity contribution in [3.63, 3.8) is 0 Å². The number of aryl methyl sites for hydroxylation is 1. The SMILES string of the molecule is COC(=O)c1ccccc1Nc1cc(C)nn1-c1ccc(F)cc1F. The van der Waals surface area contributed by atoms with Gasteiger partial charge in [-0.2, -0.15) is 5.10 Å². The summed E-state index contributed by atoms with van der Waals surface area (Å²) in [5, 5.41) is 7.29. The van der Waals surface area contributed by atoms with Crippen molar-refractivity contribution in [3.8, 4) is 5.69 Å². The van der Waals surface area contributed by atoms with Crippen molar-refractivity contribution in [1.29, 1.82) is 0 Å². The maximum Gasteiger partial charge on any atom is 0.339 e. The first-order valence-corrected chi connectivity index (χ1v) is 7.46. The molecule has 0 aliphatic rings. The van der Waals surface area contributed by atoms with Gasteiger partial charge in [0, 0.05) is 12.1 Å². The maximum atomic E-state index is 14.1. The lowest BCUT2D eigenvalue weighted by Gasteiger charge is -2.13. The molecule has 5 nitrogen and oxygen atoms in total. The zero-order valence-electron chi connectivity index (χ0n) is 13.6. The van der Waals surface area contributed by atoms with E-state index in [-0.39, 0.29) is 5.69 Å². The minimum atomic E-state index is -0.743. The number of aromatic nitrogens is 2. The maximum absolute atomic E-state index is 14.1. The van der Waals surface area contributed by atoms with E-state index in [0.29, 0.717) is 22.8 Å². The molecule has 0 spiro atoms. The number of para-hydroxylation sites is 1. The van der Waals surface area contributed by atoms with Gasteiger partial charge < -0.3 is 10.1 Å². The third-order valence-electron chi connectivity index (χ3n) is 3.56. The molecule has 0 bridgehead atoms. The van der Waals surface area contributed by atoms with E-state index in [1.54, 1.807) is 37.3 Å². The highest BCUT2D eigenvalue weighted by molar-refractivity contribution is 5.96. The molecule has 2 aromatic carbocycles. The molecule has 128 valence electrons. The van der Waals surface area contributed by atoms with E-state index in [4.69, 9.17) is 4.74 Å². The van der Waals surface area contributed by atoms with Gasteiger partial charge in [-0.25, -0.2) is 18.3 Å². The van der Waals surface area contributed by atoms with Crippen LogP contribution in [0.4, 0.5) is 20.3 Å². The number of halogens is 2. The van der Waals surface area contributed by atoms with Crippen molar-refractivity contribution in [2.75, 3.05) is 12.4 Å². The first-order valence-electron chi connectivity index (χ1n) is 7.46. The standard InChI is InChI=1S/C18H15F2N3O2/c1-11-9-17(21-15-6-4-3-5-13(15)18(24)25-2)23(22-11)16-8-7-12(19)10-14(16)20/h3-10,21H,1-2H3. The highest BCUT2D eigenvalue weighted by Crippen LogP contribution is 2.26. The summed E-state index contributed by atoms with van der Waals surface area (Å²) >= 11 is 0. The second kappa shape index (κ2) is 6.72. The monoisotopic (exact) mass is 343 g/mol. The molecule has 25 heavy (non-hydrogen) atoms. The number of esters is 1. The van der Waals surface area contributed by atoms with Gasteiger partial charge in [0.15, 0.2) is 5.82 Å². The summed E-state index contributed by atoms with van der Waals surface area (Å²) in [6.45, 7) is 1.75. The van der Waals surface area contributed by atoms with Gasteiger partial charge in [0.2, 0.25) is 0 Å². The van der Waals surface area contributed by atoms with Crippen LogP contribution in [-0.4, -0.2) is 22.9 Å². The van der Waals surface area contributed by atoms with Crippen LogP contribution in [0.25, 0.3) is 5.69 Å². The second-order valence-electron chi connectivity index (χ2n) is 5.34. The molecule has 3 aromatic rings. The van der Waals surface area contributed by atoms with Crippen LogP contribution in [0, 0.1) is 18.6 Å². The highest BCUT2D eigenvalue weighted by Gasteiger charge is 2.16. The van der Waals surface area contributed by atoms with Gasteiger partial charge in [0.1, 0.15) is 17.3 Å². The van der Waals surface area contributed by atoms with Gasteiger partial charge in [-0.1, -0.05) is 12.1 Å². The molecule has 0 unspecified atom stereocenters. The average molecular weight is 343 g/mol. The third kappa shape index (κ3) is 3.35. The Hall–Kier alpha value is -3.22. The van der Waals surface area contributed by atoms with Crippen molar-refractivity contribution < 1.29 is 18.3 Å². The van der Waals surface area contributed by atoms with Crippen LogP contribution >= 0.6 is 0 Å². The molecule has 0 atom stereocenters. The first kappa shape index (κ1) is 16.6. The molecule has 0 radical (unpaired) electrons. The number of carbonyl (C=O) groups excluding carboxylic acids is 1. The van der Waals surface area contributed by atoms with E-state index in [9.17, 15) is 13.6 Å². The quantitative estimate of drug-likeness (QED) is 0.728. The highest BCUT2D eigenvalue weighted by atomic mass is 19.1. The Morgan fingerprint density at radius 3 is 2.64 bits per heavy atom. The van der Waals surface area contributed by atoms with Crippen molar-refractivity contribution in [3.05, 3.63) is 71.4 Å². The summed E-state index contributed by atoms with van der Waals surface area (Å²) in [7, 11) is 1.29. The van der Waals surface area contributed by atoms with Gasteiger partial charge in [-0.3, -0.25) is 0 Å². The number of ether oxygens (including phenoxy) is 1. The molecule has 1 aromatic heterocycles. The van der Waals surface area contributed by atoms with Crippen LogP contribution in [0.5, 0.6) is 0 Å². The summed E-state index contributed by atoms with van der Waals surface area (Å²) in [5.74, 6) is -1.48. The molecule has 0 fully saturated rings. The molecule has 3 rings (SSSR count). The molecule has 0 aliphatic heterocycles. The lowest BCUT2D eigenvalue weighted by Crippen LogP contribution is -2.09. The van der Waals surface area contributed by atoms with Gasteiger partial charge in [0.25, 0.3) is 0 Å². The molecule has 0 aliphatic carbocycles. The van der Waals surface area contributed by atoms with E-state index in [1.807, 2.05) is 0 Å². The van der Waals surface area contributed by atoms with E-state index < -0.39 is 17.6 Å². The molecular weight excluding hydrogens is 328 g/mol. The van der Waals surface area contributed by atoms with E-state index in [2.05, 4.69) is 10.4 Å². The lowest BCUT2D eigenvalue weighted by molar-refractivity contribution is 0.0602. The first-order chi connectivity index (χ1) is 12.0. The number of hydrogen-bond acceptors (Lipinski definition) is 4. The Bertz CT molecular complexity index is 938. The van der Waals surface area contributed by atoms with Gasteiger partial charge >= 0.3 is 5.97 Å². The Morgan fingerprint density at radius 1 is 1.16 bits per heavy atom. The number of rotatable bonds is 4. The number of methoxy groups -OCH3 is 1. The number of benzene rings is 2. The van der Waals surface area contributed by atoms with E-state index in [0.717, 1.165) is 12.1 Å². The number of hydrogen-bond donors (Lipinski definition) is 1. The fraction of sp³-hybridized carbons (Fsp3) is 0.111. The molecule has 7 heteroatoms. The topological polar surface area (TPSA) is 56.1 Å². The van der Waals surface area contributed by atoms with Crippen molar-refractivity contribution in [2.24, 2.45) is 0 Å². The number of nitrogens with one attached hydrogen (secondary N) is 1. The van der Waals surface area contributed by atoms with Crippen LogP contribution in [0.15, 0.2) is 48.5 Å². The molecule has 0 saturated carbocycles. The van der Waals surface area contributed by atoms with Crippen molar-refractivity contribution >= 4 is 17.5 Å². The van der Waals surface area contributed by atoms with Gasteiger partial charge in [0.05, 0.1) is 24.1 Å². The predicted octanol–water partition coefficient (Wildman–Crippen LogP) is 3.99. The summed E-state index contributed by atoms with van der Waals surface area (Å²) in [5.41, 5.74) is 1.53. The number of anilines is 2. The molecule has 0 saturated heterocycles. The summed E-state index contributed by atoms with van der Waals surface area (Å²) in [6.07, 6.45) is 0. The van der Waals surface area contributed by atoms with Gasteiger partial charge in [-0.15, -0.1) is 0 Å². The summed E-state index contributed by atoms with van der Waals surface area (Å²) in [6, 6.07) is 11.7. The smallest absolute Gasteiger partial charge is 0.339 e. The Morgan fingerprint density at radius 2 is 1.92 bits per heavy atom. The minimum Gasteiger partial charge on any atom is -0.465 e. The van der Waals surface area contributed by atoms with Crippen molar-refractivity contribution in [1.82, 2.24) is 9.78 Å². The van der Waals surface area contributed by atoms with Crippen LogP contribution in [0.2, 0.25) is 0 Å². The fourth-order valence-electron chi connectivity index (χ4n) is 2.44. The number of carbonyl (C=O) groups is 1. The van der Waals surface area contributed by atoms with E-state index >= 15 is 0 Å². The largest absolute Gasteiger partial charge is 0.465 e. The van der Waals surface area contributed by atoms with Gasteiger partial charge in [-0.05, 0) is 31.2 Å². The zero-order valence-corrected chi connectivity index (χ0v) is 13.6. The van der Waals surface area contributed by atoms with Crippen LogP contribution in [0.1, 0.15) is 16.1 Å². The minimum absolute atomic E-state index is 0.0903. The van der Waals surface area contributed by atoms with Crippen LogP contribution in [-0.2, 0) is 4.74 Å². The summed E-state index contributed by atoms with van der Waals surface area (Å²) in [4.78, 5) is 11.9. The predicted molar refractivity (Wildman–Crippen MR) is 89.3 cm³/mol. The van der Waals surface area contributed by atoms with E-state index in [1.165, 1.54) is 17.9 Å². The average Bonchev–Trinajstić information content (AvgIpc) is 2.95. The van der Waals surface area contributed by atoms with Crippen molar-refractivity contribution in [2.45, 2.75) is 6.92 Å². The second-order valence-corrected chi connectivity index (χ2v) is 5.34. The molecule has 0 amide bonds. The molecule has 1 heterocycles. The lowest BCUT2D eigenvalue weighted by atomic mass is 10.2. The number of nitrogens with zero attached hydrogens (tertiary/aromatic N) is 2. The molecule has 1 N–H and O–H groups in total. The normalized spacial score (nSPS) is 10.6. The Balaban J connectivity index is 2.05. The Kier molecular flexibility index (Phi) is 4.47. The zero-order chi connectivity index (χ0) is 18.0. The van der Waals surface area contributed by atoms with Crippen LogP contribution in [0.3, 0.4) is 0 Å².